The van der Waals surface area contributed by atoms with Gasteiger partial charge in [-0.15, -0.1) is 11.3 Å². The molecule has 1 N–H and O–H groups in total. The summed E-state index contributed by atoms with van der Waals surface area (Å²) in [5, 5.41) is 4.62. The summed E-state index contributed by atoms with van der Waals surface area (Å²) in [7, 11) is -3.67. The molecule has 1 aliphatic rings. The van der Waals surface area contributed by atoms with E-state index in [-0.39, 0.29) is 11.3 Å². The van der Waals surface area contributed by atoms with Crippen LogP contribution in [-0.2, 0) is 35.5 Å². The number of amides is 1. The number of sulfonamides is 1. The Morgan fingerprint density at radius 1 is 1.23 bits per heavy atom. The number of morpholine rings is 1. The molecule has 1 aromatic heterocycles. The summed E-state index contributed by atoms with van der Waals surface area (Å²) in [4.78, 5) is 25.4. The highest BCUT2D eigenvalue weighted by Crippen LogP contribution is 2.23. The Hall–Kier alpha value is -2.27. The van der Waals surface area contributed by atoms with Crippen molar-refractivity contribution < 1.29 is 27.5 Å². The van der Waals surface area contributed by atoms with Gasteiger partial charge in [0.05, 0.1) is 18.1 Å². The van der Waals surface area contributed by atoms with E-state index in [1.807, 2.05) is 17.5 Å². The van der Waals surface area contributed by atoms with Crippen molar-refractivity contribution in [3.8, 4) is 0 Å². The highest BCUT2D eigenvalue weighted by molar-refractivity contribution is 7.89. The Kier molecular flexibility index (Phi) is 8.19. The molecule has 0 bridgehead atoms. The van der Waals surface area contributed by atoms with Gasteiger partial charge in [0.15, 0.2) is 6.61 Å². The second-order valence-electron chi connectivity index (χ2n) is 7.13. The average Bonchev–Trinajstić information content (AvgIpc) is 3.28. The number of nitrogens with one attached hydrogen (secondary N) is 1. The van der Waals surface area contributed by atoms with Crippen LogP contribution in [-0.4, -0.2) is 57.5 Å². The summed E-state index contributed by atoms with van der Waals surface area (Å²) in [6, 6.07) is 8.56. The number of esters is 1. The van der Waals surface area contributed by atoms with Crippen molar-refractivity contribution in [3.63, 3.8) is 0 Å². The van der Waals surface area contributed by atoms with Crippen molar-refractivity contribution in [3.05, 3.63) is 46.2 Å². The maximum atomic E-state index is 12.8. The number of carbonyl (C=O) groups excluding carboxylic acids is 2. The normalized spacial score (nSPS) is 14.9. The molecule has 0 radical (unpaired) electrons. The van der Waals surface area contributed by atoms with Crippen molar-refractivity contribution in [2.45, 2.75) is 31.1 Å². The molecule has 1 saturated heterocycles. The Morgan fingerprint density at radius 3 is 2.71 bits per heavy atom. The highest BCUT2D eigenvalue weighted by atomic mass is 32.2. The number of benzene rings is 1. The zero-order chi connectivity index (χ0) is 22.3. The topological polar surface area (TPSA) is 102 Å². The molecule has 0 atom stereocenters. The molecule has 2 heterocycles. The molecular formula is C21H26N2O6S2. The second-order valence-corrected chi connectivity index (χ2v) is 10.1. The van der Waals surface area contributed by atoms with Gasteiger partial charge in [-0.2, -0.15) is 4.31 Å². The predicted octanol–water partition coefficient (Wildman–Crippen LogP) is 2.58. The number of rotatable bonds is 9. The molecule has 168 valence electrons. The largest absolute Gasteiger partial charge is 0.456 e. The van der Waals surface area contributed by atoms with E-state index in [9.17, 15) is 18.0 Å². The molecule has 1 fully saturated rings. The van der Waals surface area contributed by atoms with Crippen molar-refractivity contribution in [1.29, 1.82) is 0 Å². The minimum Gasteiger partial charge on any atom is -0.456 e. The van der Waals surface area contributed by atoms with Crippen molar-refractivity contribution in [2.75, 3.05) is 38.2 Å². The van der Waals surface area contributed by atoms with E-state index in [0.717, 1.165) is 6.42 Å². The van der Waals surface area contributed by atoms with Gasteiger partial charge >= 0.3 is 5.97 Å². The summed E-state index contributed by atoms with van der Waals surface area (Å²) < 4.78 is 37.3. The van der Waals surface area contributed by atoms with E-state index in [0.29, 0.717) is 44.0 Å². The average molecular weight is 467 g/mol. The van der Waals surface area contributed by atoms with Crippen LogP contribution in [0.4, 0.5) is 5.69 Å². The van der Waals surface area contributed by atoms with E-state index in [1.54, 1.807) is 24.3 Å². The fourth-order valence-corrected chi connectivity index (χ4v) is 5.28. The Morgan fingerprint density at radius 2 is 2.00 bits per heavy atom. The summed E-state index contributed by atoms with van der Waals surface area (Å²) in [5.41, 5.74) is 1.07. The first-order chi connectivity index (χ1) is 14.9. The lowest BCUT2D eigenvalue weighted by atomic mass is 10.2. The third-order valence-electron chi connectivity index (χ3n) is 4.84. The number of aryl methyl sites for hydroxylation is 2. The lowest BCUT2D eigenvalue weighted by Crippen LogP contribution is -2.40. The zero-order valence-electron chi connectivity index (χ0n) is 17.3. The van der Waals surface area contributed by atoms with Gasteiger partial charge in [-0.25, -0.2) is 8.42 Å². The lowest BCUT2D eigenvalue weighted by Gasteiger charge is -2.26. The molecular weight excluding hydrogens is 440 g/mol. The van der Waals surface area contributed by atoms with E-state index in [2.05, 4.69) is 5.32 Å². The second kappa shape index (κ2) is 10.9. The Bertz CT molecular complexity index is 999. The summed E-state index contributed by atoms with van der Waals surface area (Å²) in [6.07, 6.45) is 1.68. The predicted molar refractivity (Wildman–Crippen MR) is 118 cm³/mol. The van der Waals surface area contributed by atoms with Crippen LogP contribution >= 0.6 is 11.3 Å². The zero-order valence-corrected chi connectivity index (χ0v) is 19.0. The minimum atomic E-state index is -3.67. The number of hydrogen-bond donors (Lipinski definition) is 1. The third kappa shape index (κ3) is 6.60. The van der Waals surface area contributed by atoms with Gasteiger partial charge in [0, 0.05) is 30.1 Å². The number of thiophene rings is 1. The van der Waals surface area contributed by atoms with Gasteiger partial charge in [0.25, 0.3) is 5.91 Å². The highest BCUT2D eigenvalue weighted by Gasteiger charge is 2.27. The van der Waals surface area contributed by atoms with Crippen LogP contribution in [0.3, 0.4) is 0 Å². The van der Waals surface area contributed by atoms with Crippen LogP contribution < -0.4 is 5.32 Å². The van der Waals surface area contributed by atoms with Crippen LogP contribution in [0.15, 0.2) is 40.6 Å². The van der Waals surface area contributed by atoms with Crippen LogP contribution in [0.5, 0.6) is 0 Å². The van der Waals surface area contributed by atoms with E-state index < -0.39 is 28.5 Å². The van der Waals surface area contributed by atoms with Gasteiger partial charge in [-0.05, 0) is 48.9 Å². The van der Waals surface area contributed by atoms with E-state index in [4.69, 9.17) is 9.47 Å². The van der Waals surface area contributed by atoms with E-state index >= 15 is 0 Å². The molecule has 2 aromatic rings. The monoisotopic (exact) mass is 466 g/mol. The van der Waals surface area contributed by atoms with Gasteiger partial charge in [-0.1, -0.05) is 12.1 Å². The summed E-state index contributed by atoms with van der Waals surface area (Å²) in [5.74, 6) is -0.956. The maximum Gasteiger partial charge on any atom is 0.306 e. The smallest absolute Gasteiger partial charge is 0.306 e. The Balaban J connectivity index is 1.52. The standard InChI is InChI=1S/C21H26N2O6S2/c1-16-7-8-18(31(26,27)23-9-11-28-12-10-23)14-19(16)22-20(24)15-29-21(25)6-2-4-17-5-3-13-30-17/h3,5,7-8,13-14H,2,4,6,9-12,15H2,1H3,(H,22,24). The van der Waals surface area contributed by atoms with E-state index in [1.165, 1.54) is 21.3 Å². The first kappa shape index (κ1) is 23.4. The molecule has 0 spiro atoms. The SMILES string of the molecule is Cc1ccc(S(=O)(=O)N2CCOCC2)cc1NC(=O)COC(=O)CCCc1cccs1. The number of anilines is 1. The Labute approximate surface area is 186 Å². The molecule has 31 heavy (non-hydrogen) atoms. The van der Waals surface area contributed by atoms with Gasteiger partial charge < -0.3 is 14.8 Å². The number of ether oxygens (including phenoxy) is 2. The van der Waals surface area contributed by atoms with Crippen LogP contribution in [0, 0.1) is 6.92 Å². The molecule has 0 saturated carbocycles. The van der Waals surface area contributed by atoms with Crippen molar-refractivity contribution in [1.82, 2.24) is 4.31 Å². The third-order valence-corrected chi connectivity index (χ3v) is 7.67. The molecule has 1 amide bonds. The number of hydrogen-bond acceptors (Lipinski definition) is 7. The van der Waals surface area contributed by atoms with Crippen molar-refractivity contribution >= 4 is 38.9 Å². The van der Waals surface area contributed by atoms with Crippen LogP contribution in [0.2, 0.25) is 0 Å². The number of carbonyl (C=O) groups is 2. The minimum absolute atomic E-state index is 0.0980. The first-order valence-corrected chi connectivity index (χ1v) is 12.3. The molecule has 1 aliphatic heterocycles. The molecule has 0 aliphatic carbocycles. The molecule has 1 aromatic carbocycles. The van der Waals surface area contributed by atoms with Gasteiger partial charge in [-0.3, -0.25) is 9.59 Å². The maximum absolute atomic E-state index is 12.8. The summed E-state index contributed by atoms with van der Waals surface area (Å²) >= 11 is 1.64. The fraction of sp³-hybridized carbons (Fsp3) is 0.429. The molecule has 3 rings (SSSR count). The van der Waals surface area contributed by atoms with Gasteiger partial charge in [0.2, 0.25) is 10.0 Å². The van der Waals surface area contributed by atoms with Crippen LogP contribution in [0.25, 0.3) is 0 Å². The molecule has 8 nitrogen and oxygen atoms in total. The van der Waals surface area contributed by atoms with Crippen molar-refractivity contribution in [2.24, 2.45) is 0 Å². The molecule has 10 heteroatoms. The van der Waals surface area contributed by atoms with Crippen LogP contribution in [0.1, 0.15) is 23.3 Å². The fourth-order valence-electron chi connectivity index (χ4n) is 3.10. The number of nitrogens with zero attached hydrogens (tertiary/aromatic N) is 1. The first-order valence-electron chi connectivity index (χ1n) is 10.0. The molecule has 0 unspecified atom stereocenters. The summed E-state index contributed by atoms with van der Waals surface area (Å²) in [6.45, 7) is 2.64. The lowest BCUT2D eigenvalue weighted by molar-refractivity contribution is -0.147. The quantitative estimate of drug-likeness (QED) is 0.570. The van der Waals surface area contributed by atoms with Gasteiger partial charge in [0.1, 0.15) is 0 Å².